The predicted molar refractivity (Wildman–Crippen MR) is 65.7 cm³/mol. The average Bonchev–Trinajstić information content (AvgIpc) is 2.24. The summed E-state index contributed by atoms with van der Waals surface area (Å²) in [5, 5.41) is 2.60. The van der Waals surface area contributed by atoms with Gasteiger partial charge in [0.1, 0.15) is 5.60 Å². The second kappa shape index (κ2) is 6.70. The maximum absolute atomic E-state index is 11.2. The Labute approximate surface area is 98.7 Å². The highest BCUT2D eigenvalue weighted by Crippen LogP contribution is 2.24. The van der Waals surface area contributed by atoms with Gasteiger partial charge in [0.15, 0.2) is 0 Å². The zero-order chi connectivity index (χ0) is 12.8. The highest BCUT2D eigenvalue weighted by Gasteiger charge is 2.45. The normalized spacial score (nSPS) is 17.3. The van der Waals surface area contributed by atoms with Gasteiger partial charge in [-0.3, -0.25) is 0 Å². The molecule has 1 fully saturated rings. The first kappa shape index (κ1) is 15.2. The molecule has 16 heavy (non-hydrogen) atoms. The molecule has 2 amide bonds. The number of methoxy groups -OCH3 is 1. The zero-order valence-electron chi connectivity index (χ0n) is 11.3. The van der Waals surface area contributed by atoms with E-state index in [1.165, 1.54) is 0 Å². The second-order valence-electron chi connectivity index (χ2n) is 4.04. The second-order valence-corrected chi connectivity index (χ2v) is 4.04. The minimum absolute atomic E-state index is 0.0311. The molecule has 0 aliphatic carbocycles. The van der Waals surface area contributed by atoms with E-state index in [4.69, 9.17) is 4.74 Å². The summed E-state index contributed by atoms with van der Waals surface area (Å²) < 4.78 is 5.45. The molecule has 1 aliphatic heterocycles. The van der Waals surface area contributed by atoms with Gasteiger partial charge in [0.25, 0.3) is 0 Å². The summed E-state index contributed by atoms with van der Waals surface area (Å²) in [5.41, 5.74) is -0.171. The van der Waals surface area contributed by atoms with Crippen LogP contribution in [0.3, 0.4) is 0 Å². The number of carbonyl (C=O) groups excluding carboxylic acids is 1. The van der Waals surface area contributed by atoms with Gasteiger partial charge >= 0.3 is 6.03 Å². The first-order valence-corrected chi connectivity index (χ1v) is 5.69. The summed E-state index contributed by atoms with van der Waals surface area (Å²) in [4.78, 5) is 15.0. The molecule has 0 unspecified atom stereocenters. The molecular weight excluding hydrogens is 206 g/mol. The van der Waals surface area contributed by atoms with Crippen molar-refractivity contribution in [1.82, 2.24) is 15.1 Å². The van der Waals surface area contributed by atoms with Crippen molar-refractivity contribution in [3.05, 3.63) is 0 Å². The lowest BCUT2D eigenvalue weighted by atomic mass is 9.93. The summed E-state index contributed by atoms with van der Waals surface area (Å²) in [5.74, 6) is 0. The minimum Gasteiger partial charge on any atom is -0.373 e. The van der Waals surface area contributed by atoms with E-state index in [2.05, 4.69) is 10.2 Å². The molecule has 0 aromatic rings. The van der Waals surface area contributed by atoms with Gasteiger partial charge in [-0.25, -0.2) is 4.79 Å². The first-order chi connectivity index (χ1) is 7.53. The number of hydrogen-bond donors (Lipinski definition) is 1. The van der Waals surface area contributed by atoms with E-state index < -0.39 is 0 Å². The van der Waals surface area contributed by atoms with Crippen LogP contribution in [0.25, 0.3) is 0 Å². The molecule has 1 rings (SSSR count). The van der Waals surface area contributed by atoms with E-state index in [9.17, 15) is 4.79 Å². The highest BCUT2D eigenvalue weighted by molar-refractivity contribution is 5.75. The van der Waals surface area contributed by atoms with Crippen molar-refractivity contribution in [2.75, 3.05) is 47.9 Å². The van der Waals surface area contributed by atoms with Crippen LogP contribution in [0.5, 0.6) is 0 Å². The monoisotopic (exact) mass is 231 g/mol. The molecule has 0 bridgehead atoms. The molecule has 0 aromatic heterocycles. The third kappa shape index (κ3) is 3.64. The SMILES string of the molecule is CC.CNC(=O)N1CC(CN(C)C)(OC)C1. The average molecular weight is 231 g/mol. The predicted octanol–water partition coefficient (Wildman–Crippen LogP) is 0.614. The van der Waals surface area contributed by atoms with Gasteiger partial charge in [-0.05, 0) is 14.1 Å². The lowest BCUT2D eigenvalue weighted by Gasteiger charge is -2.49. The highest BCUT2D eigenvalue weighted by atomic mass is 16.5. The Kier molecular flexibility index (Phi) is 6.36. The number of likely N-dealkylation sites (tertiary alicyclic amines) is 1. The molecular formula is C11H25N3O2. The van der Waals surface area contributed by atoms with Gasteiger partial charge in [-0.1, -0.05) is 13.8 Å². The molecule has 0 aromatic carbocycles. The van der Waals surface area contributed by atoms with Crippen LogP contribution in [0.15, 0.2) is 0 Å². The molecule has 96 valence electrons. The van der Waals surface area contributed by atoms with Crippen molar-refractivity contribution < 1.29 is 9.53 Å². The van der Waals surface area contributed by atoms with E-state index in [0.29, 0.717) is 13.1 Å². The molecule has 1 aliphatic rings. The topological polar surface area (TPSA) is 44.8 Å². The zero-order valence-corrected chi connectivity index (χ0v) is 11.3. The molecule has 5 heteroatoms. The number of urea groups is 1. The fourth-order valence-corrected chi connectivity index (χ4v) is 1.82. The summed E-state index contributed by atoms with van der Waals surface area (Å²) >= 11 is 0. The van der Waals surface area contributed by atoms with Crippen LogP contribution in [0.4, 0.5) is 4.79 Å². The fraction of sp³-hybridized carbons (Fsp3) is 0.909. The summed E-state index contributed by atoms with van der Waals surface area (Å²) in [7, 11) is 7.35. The molecule has 1 N–H and O–H groups in total. The van der Waals surface area contributed by atoms with E-state index >= 15 is 0 Å². The minimum atomic E-state index is -0.171. The van der Waals surface area contributed by atoms with Crippen molar-refractivity contribution in [2.45, 2.75) is 19.4 Å². The number of carbonyl (C=O) groups is 1. The number of nitrogens with zero attached hydrogens (tertiary/aromatic N) is 2. The summed E-state index contributed by atoms with van der Waals surface area (Å²) in [6, 6.07) is -0.0311. The Hall–Kier alpha value is -0.810. The van der Waals surface area contributed by atoms with Crippen LogP contribution in [0.2, 0.25) is 0 Å². The molecule has 5 nitrogen and oxygen atoms in total. The Morgan fingerprint density at radius 1 is 1.44 bits per heavy atom. The van der Waals surface area contributed by atoms with Crippen molar-refractivity contribution in [2.24, 2.45) is 0 Å². The van der Waals surface area contributed by atoms with Crippen LogP contribution in [0.1, 0.15) is 13.8 Å². The summed E-state index contributed by atoms with van der Waals surface area (Å²) in [6.45, 7) is 6.18. The molecule has 0 spiro atoms. The quantitative estimate of drug-likeness (QED) is 0.774. The van der Waals surface area contributed by atoms with Crippen molar-refractivity contribution in [3.63, 3.8) is 0 Å². The van der Waals surface area contributed by atoms with Crippen molar-refractivity contribution in [3.8, 4) is 0 Å². The fourth-order valence-electron chi connectivity index (χ4n) is 1.82. The van der Waals surface area contributed by atoms with Crippen LogP contribution in [-0.4, -0.2) is 69.3 Å². The largest absolute Gasteiger partial charge is 0.373 e. The molecule has 0 saturated carbocycles. The number of amides is 2. The maximum atomic E-state index is 11.2. The van der Waals surface area contributed by atoms with E-state index in [0.717, 1.165) is 6.54 Å². The molecule has 1 saturated heterocycles. The van der Waals surface area contributed by atoms with Gasteiger partial charge in [-0.2, -0.15) is 0 Å². The standard InChI is InChI=1S/C9H19N3O2.C2H6/c1-10-8(13)12-6-9(7-12,14-4)5-11(2)3;1-2/h5-7H2,1-4H3,(H,10,13);1-2H3. The smallest absolute Gasteiger partial charge is 0.317 e. The Balaban J connectivity index is 0.00000106. The Morgan fingerprint density at radius 2 is 1.94 bits per heavy atom. The Morgan fingerprint density at radius 3 is 2.25 bits per heavy atom. The van der Waals surface area contributed by atoms with Crippen LogP contribution in [-0.2, 0) is 4.74 Å². The van der Waals surface area contributed by atoms with Crippen LogP contribution < -0.4 is 5.32 Å². The number of nitrogens with one attached hydrogen (secondary N) is 1. The Bertz CT molecular complexity index is 213. The number of hydrogen-bond acceptors (Lipinski definition) is 3. The van der Waals surface area contributed by atoms with Gasteiger partial charge in [0.2, 0.25) is 0 Å². The lowest BCUT2D eigenvalue weighted by Crippen LogP contribution is -2.69. The molecule has 0 atom stereocenters. The van der Waals surface area contributed by atoms with Gasteiger partial charge < -0.3 is 19.9 Å². The lowest BCUT2D eigenvalue weighted by molar-refractivity contribution is -0.115. The van der Waals surface area contributed by atoms with E-state index in [1.807, 2.05) is 27.9 Å². The maximum Gasteiger partial charge on any atom is 0.317 e. The van der Waals surface area contributed by atoms with Gasteiger partial charge in [0.05, 0.1) is 13.1 Å². The number of ether oxygens (including phenoxy) is 1. The third-order valence-electron chi connectivity index (χ3n) is 2.50. The summed E-state index contributed by atoms with van der Waals surface area (Å²) in [6.07, 6.45) is 0. The molecule has 0 radical (unpaired) electrons. The number of rotatable bonds is 3. The van der Waals surface area contributed by atoms with Crippen LogP contribution in [0, 0.1) is 0 Å². The molecule has 1 heterocycles. The van der Waals surface area contributed by atoms with Crippen molar-refractivity contribution in [1.29, 1.82) is 0 Å². The van der Waals surface area contributed by atoms with E-state index in [1.54, 1.807) is 19.1 Å². The van der Waals surface area contributed by atoms with Crippen molar-refractivity contribution >= 4 is 6.03 Å². The number of likely N-dealkylation sites (N-methyl/N-ethyl adjacent to an activating group) is 1. The van der Waals surface area contributed by atoms with E-state index in [-0.39, 0.29) is 11.6 Å². The van der Waals surface area contributed by atoms with Gasteiger partial charge in [-0.15, -0.1) is 0 Å². The third-order valence-corrected chi connectivity index (χ3v) is 2.50. The van der Waals surface area contributed by atoms with Gasteiger partial charge in [0, 0.05) is 20.7 Å². The first-order valence-electron chi connectivity index (χ1n) is 5.69. The van der Waals surface area contributed by atoms with Crippen LogP contribution >= 0.6 is 0 Å².